The second-order valence-corrected chi connectivity index (χ2v) is 7.17. The predicted molar refractivity (Wildman–Crippen MR) is 88.6 cm³/mol. The van der Waals surface area contributed by atoms with Crippen molar-refractivity contribution in [3.63, 3.8) is 0 Å². The van der Waals surface area contributed by atoms with Crippen molar-refractivity contribution in [3.05, 3.63) is 51.3 Å². The number of benzene rings is 1. The van der Waals surface area contributed by atoms with Gasteiger partial charge in [-0.3, -0.25) is 9.89 Å². The van der Waals surface area contributed by atoms with Crippen LogP contribution in [0.1, 0.15) is 44.4 Å². The SMILES string of the molecule is O=C(NCc1c(C2CC2)ccc2[nH]ncc12)c1ccc(C(F)(F)F)s1. The van der Waals surface area contributed by atoms with Crippen LogP contribution in [0, 0.1) is 0 Å². The van der Waals surface area contributed by atoms with E-state index in [1.165, 1.54) is 11.6 Å². The number of halogens is 3. The quantitative estimate of drug-likeness (QED) is 0.718. The van der Waals surface area contributed by atoms with Gasteiger partial charge in [0.05, 0.1) is 16.6 Å². The summed E-state index contributed by atoms with van der Waals surface area (Å²) in [5.41, 5.74) is 3.04. The largest absolute Gasteiger partial charge is 0.425 e. The number of amides is 1. The maximum Gasteiger partial charge on any atom is 0.425 e. The van der Waals surface area contributed by atoms with Gasteiger partial charge in [0.15, 0.2) is 0 Å². The second-order valence-electron chi connectivity index (χ2n) is 6.08. The summed E-state index contributed by atoms with van der Waals surface area (Å²) in [6, 6.07) is 6.15. The molecule has 1 aliphatic carbocycles. The van der Waals surface area contributed by atoms with Crippen LogP contribution in [-0.2, 0) is 12.7 Å². The van der Waals surface area contributed by atoms with Crippen LogP contribution < -0.4 is 5.32 Å². The Bertz CT molecular complexity index is 940. The molecule has 1 saturated carbocycles. The van der Waals surface area contributed by atoms with Gasteiger partial charge in [0, 0.05) is 11.9 Å². The summed E-state index contributed by atoms with van der Waals surface area (Å²) in [5, 5.41) is 10.6. The summed E-state index contributed by atoms with van der Waals surface area (Å²) in [6.45, 7) is 0.265. The average molecular weight is 365 g/mol. The van der Waals surface area contributed by atoms with Crippen LogP contribution in [0.5, 0.6) is 0 Å². The Hall–Kier alpha value is -2.35. The zero-order valence-corrected chi connectivity index (χ0v) is 13.8. The molecule has 1 fully saturated rings. The topological polar surface area (TPSA) is 57.8 Å². The van der Waals surface area contributed by atoms with Gasteiger partial charge in [0.2, 0.25) is 0 Å². The Kier molecular flexibility index (Phi) is 3.79. The Morgan fingerprint density at radius 1 is 1.28 bits per heavy atom. The third-order valence-corrected chi connectivity index (χ3v) is 5.45. The summed E-state index contributed by atoms with van der Waals surface area (Å²) < 4.78 is 38.0. The molecule has 130 valence electrons. The van der Waals surface area contributed by atoms with E-state index in [9.17, 15) is 18.0 Å². The maximum absolute atomic E-state index is 12.7. The number of H-pyrrole nitrogens is 1. The van der Waals surface area contributed by atoms with E-state index in [0.717, 1.165) is 35.4 Å². The molecular formula is C17H14F3N3OS. The molecule has 8 heteroatoms. The van der Waals surface area contributed by atoms with Crippen molar-refractivity contribution < 1.29 is 18.0 Å². The third kappa shape index (κ3) is 3.13. The number of thiophene rings is 1. The molecule has 1 aliphatic rings. The number of hydrogen-bond acceptors (Lipinski definition) is 3. The van der Waals surface area contributed by atoms with Crippen LogP contribution >= 0.6 is 11.3 Å². The Morgan fingerprint density at radius 3 is 2.76 bits per heavy atom. The van der Waals surface area contributed by atoms with Crippen molar-refractivity contribution >= 4 is 28.1 Å². The van der Waals surface area contributed by atoms with Crippen molar-refractivity contribution in [3.8, 4) is 0 Å². The fourth-order valence-electron chi connectivity index (χ4n) is 2.94. The van der Waals surface area contributed by atoms with Crippen LogP contribution in [0.4, 0.5) is 13.2 Å². The number of carbonyl (C=O) groups is 1. The molecule has 2 heterocycles. The van der Waals surface area contributed by atoms with Crippen molar-refractivity contribution in [2.75, 3.05) is 0 Å². The van der Waals surface area contributed by atoms with Crippen LogP contribution in [0.25, 0.3) is 10.9 Å². The summed E-state index contributed by atoms with van der Waals surface area (Å²) >= 11 is 0.456. The highest BCUT2D eigenvalue weighted by Crippen LogP contribution is 2.43. The van der Waals surface area contributed by atoms with Crippen molar-refractivity contribution in [2.24, 2.45) is 0 Å². The fourth-order valence-corrected chi connectivity index (χ4v) is 3.72. The zero-order chi connectivity index (χ0) is 17.6. The van der Waals surface area contributed by atoms with E-state index < -0.39 is 17.0 Å². The van der Waals surface area contributed by atoms with Gasteiger partial charge in [-0.2, -0.15) is 18.3 Å². The highest BCUT2D eigenvalue weighted by molar-refractivity contribution is 7.14. The smallest absolute Gasteiger partial charge is 0.347 e. The molecule has 25 heavy (non-hydrogen) atoms. The van der Waals surface area contributed by atoms with E-state index in [1.54, 1.807) is 6.20 Å². The van der Waals surface area contributed by atoms with Crippen molar-refractivity contribution in [1.82, 2.24) is 15.5 Å². The second kappa shape index (κ2) is 5.87. The van der Waals surface area contributed by atoms with Gasteiger partial charge in [-0.05, 0) is 48.1 Å². The van der Waals surface area contributed by atoms with Gasteiger partial charge >= 0.3 is 6.18 Å². The first-order valence-corrected chi connectivity index (χ1v) is 8.65. The minimum Gasteiger partial charge on any atom is -0.347 e. The van der Waals surface area contributed by atoms with Gasteiger partial charge < -0.3 is 5.32 Å². The molecule has 0 atom stereocenters. The van der Waals surface area contributed by atoms with Gasteiger partial charge in [0.1, 0.15) is 4.88 Å². The van der Waals surface area contributed by atoms with Crippen LogP contribution in [0.15, 0.2) is 30.5 Å². The normalized spacial score (nSPS) is 14.8. The monoisotopic (exact) mass is 365 g/mol. The fraction of sp³-hybridized carbons (Fsp3) is 0.294. The van der Waals surface area contributed by atoms with Crippen molar-refractivity contribution in [1.29, 1.82) is 0 Å². The molecular weight excluding hydrogens is 351 g/mol. The number of nitrogens with one attached hydrogen (secondary N) is 2. The Labute approximate surface area is 145 Å². The van der Waals surface area contributed by atoms with E-state index in [1.807, 2.05) is 12.1 Å². The van der Waals surface area contributed by atoms with Gasteiger partial charge in [-0.1, -0.05) is 6.07 Å². The molecule has 1 amide bonds. The first kappa shape index (κ1) is 16.1. The molecule has 0 spiro atoms. The number of carbonyl (C=O) groups excluding carboxylic acids is 1. The molecule has 3 aromatic rings. The molecule has 2 aromatic heterocycles. The van der Waals surface area contributed by atoms with Crippen LogP contribution in [-0.4, -0.2) is 16.1 Å². The standard InChI is InChI=1S/C17H14F3N3OS/c18-17(19,20)15-6-5-14(25-15)16(24)21-7-11-10(9-1-2-9)3-4-13-12(11)8-22-23-13/h3-6,8-9H,1-2,7H2,(H,21,24)(H,22,23). The lowest BCUT2D eigenvalue weighted by atomic mass is 9.99. The lowest BCUT2D eigenvalue weighted by Crippen LogP contribution is -2.22. The Morgan fingerprint density at radius 2 is 2.08 bits per heavy atom. The summed E-state index contributed by atoms with van der Waals surface area (Å²) in [6.07, 6.45) is -0.478. The average Bonchev–Trinajstić information content (AvgIpc) is 3.09. The molecule has 0 aliphatic heterocycles. The van der Waals surface area contributed by atoms with Gasteiger partial charge in [0.25, 0.3) is 5.91 Å². The number of nitrogens with zero attached hydrogens (tertiary/aromatic N) is 1. The zero-order valence-electron chi connectivity index (χ0n) is 13.0. The first-order valence-electron chi connectivity index (χ1n) is 7.83. The summed E-state index contributed by atoms with van der Waals surface area (Å²) in [7, 11) is 0. The lowest BCUT2D eigenvalue weighted by Gasteiger charge is -2.11. The molecule has 0 unspecified atom stereocenters. The predicted octanol–water partition coefficient (Wildman–Crippen LogP) is 4.45. The molecule has 2 N–H and O–H groups in total. The molecule has 1 aromatic carbocycles. The third-order valence-electron chi connectivity index (χ3n) is 4.32. The van der Waals surface area contributed by atoms with Crippen molar-refractivity contribution in [2.45, 2.75) is 31.5 Å². The first-order chi connectivity index (χ1) is 11.9. The highest BCUT2D eigenvalue weighted by Gasteiger charge is 2.33. The van der Waals surface area contributed by atoms with E-state index >= 15 is 0 Å². The molecule has 4 rings (SSSR count). The maximum atomic E-state index is 12.7. The highest BCUT2D eigenvalue weighted by atomic mass is 32.1. The molecule has 0 radical (unpaired) electrons. The number of aromatic nitrogens is 2. The summed E-state index contributed by atoms with van der Waals surface area (Å²) in [5.74, 6) is -0.00693. The van der Waals surface area contributed by atoms with E-state index in [-0.39, 0.29) is 11.4 Å². The van der Waals surface area contributed by atoms with Crippen LogP contribution in [0.3, 0.4) is 0 Å². The summed E-state index contributed by atoms with van der Waals surface area (Å²) in [4.78, 5) is 11.5. The number of rotatable bonds is 4. The number of aromatic amines is 1. The van der Waals surface area contributed by atoms with E-state index in [2.05, 4.69) is 15.5 Å². The van der Waals surface area contributed by atoms with Gasteiger partial charge in [-0.25, -0.2) is 0 Å². The number of alkyl halides is 3. The number of hydrogen-bond donors (Lipinski definition) is 2. The minimum atomic E-state index is -4.43. The molecule has 0 saturated heterocycles. The van der Waals surface area contributed by atoms with E-state index in [0.29, 0.717) is 17.3 Å². The van der Waals surface area contributed by atoms with Gasteiger partial charge in [-0.15, -0.1) is 11.3 Å². The molecule has 0 bridgehead atoms. The Balaban J connectivity index is 1.56. The minimum absolute atomic E-state index is 0.0552. The van der Waals surface area contributed by atoms with E-state index in [4.69, 9.17) is 0 Å². The van der Waals surface area contributed by atoms with Crippen LogP contribution in [0.2, 0.25) is 0 Å². The lowest BCUT2D eigenvalue weighted by molar-refractivity contribution is -0.134. The number of fused-ring (bicyclic) bond motifs is 1. The molecule has 4 nitrogen and oxygen atoms in total.